The summed E-state index contributed by atoms with van der Waals surface area (Å²) in [5, 5.41) is 2.98. The monoisotopic (exact) mass is 367 g/mol. The molecule has 0 bridgehead atoms. The lowest BCUT2D eigenvalue weighted by atomic mass is 10.3. The molecule has 1 unspecified atom stereocenters. The van der Waals surface area contributed by atoms with Crippen LogP contribution in [0.15, 0.2) is 42.9 Å². The van der Waals surface area contributed by atoms with E-state index in [4.69, 9.17) is 4.74 Å². The van der Waals surface area contributed by atoms with Crippen LogP contribution in [0.25, 0.3) is 0 Å². The number of hydrogen-bond donors (Lipinski definition) is 1. The minimum atomic E-state index is -0.0593. The number of urea groups is 1. The number of carbonyl (C=O) groups excluding carboxylic acids is 1. The van der Waals surface area contributed by atoms with E-state index in [2.05, 4.69) is 20.2 Å². The van der Waals surface area contributed by atoms with Crippen molar-refractivity contribution in [3.63, 3.8) is 0 Å². The van der Waals surface area contributed by atoms with E-state index in [9.17, 15) is 4.79 Å². The van der Waals surface area contributed by atoms with E-state index >= 15 is 0 Å². The van der Waals surface area contributed by atoms with Crippen molar-refractivity contribution < 1.29 is 9.53 Å². The van der Waals surface area contributed by atoms with E-state index in [-0.39, 0.29) is 12.1 Å². The summed E-state index contributed by atoms with van der Waals surface area (Å²) in [6.07, 6.45) is 8.58. The van der Waals surface area contributed by atoms with Crippen LogP contribution in [-0.4, -0.2) is 53.2 Å². The molecule has 2 aromatic heterocycles. The Morgan fingerprint density at radius 2 is 2.07 bits per heavy atom. The number of rotatable bonds is 5. The first-order valence-corrected chi connectivity index (χ1v) is 9.57. The molecule has 4 rings (SSSR count). The van der Waals surface area contributed by atoms with Gasteiger partial charge in [0.05, 0.1) is 12.7 Å². The summed E-state index contributed by atoms with van der Waals surface area (Å²) in [5.74, 6) is 1.77. The Kier molecular flexibility index (Phi) is 5.37. The first-order valence-electron chi connectivity index (χ1n) is 9.57. The van der Waals surface area contributed by atoms with Crippen LogP contribution in [-0.2, 0) is 6.54 Å². The van der Waals surface area contributed by atoms with E-state index in [1.165, 1.54) is 12.8 Å². The van der Waals surface area contributed by atoms with Gasteiger partial charge in [0, 0.05) is 45.0 Å². The van der Waals surface area contributed by atoms with Gasteiger partial charge in [-0.3, -0.25) is 4.98 Å². The summed E-state index contributed by atoms with van der Waals surface area (Å²) in [4.78, 5) is 25.1. The van der Waals surface area contributed by atoms with Crippen LogP contribution in [0.2, 0.25) is 0 Å². The number of hydrogen-bond acceptors (Lipinski definition) is 5. The minimum Gasteiger partial charge on any atom is -0.487 e. The van der Waals surface area contributed by atoms with Crippen LogP contribution in [0.5, 0.6) is 5.75 Å². The first-order chi connectivity index (χ1) is 13.3. The molecule has 0 aromatic carbocycles. The third kappa shape index (κ3) is 4.48. The number of aromatic nitrogens is 2. The van der Waals surface area contributed by atoms with Crippen molar-refractivity contribution in [2.45, 2.75) is 31.9 Å². The number of amides is 2. The van der Waals surface area contributed by atoms with Crippen LogP contribution >= 0.6 is 0 Å². The molecule has 2 aromatic rings. The van der Waals surface area contributed by atoms with Crippen molar-refractivity contribution in [2.75, 3.05) is 31.1 Å². The van der Waals surface area contributed by atoms with Crippen molar-refractivity contribution in [1.82, 2.24) is 20.2 Å². The zero-order valence-corrected chi connectivity index (χ0v) is 15.4. The normalized spacial score (nSPS) is 19.3. The van der Waals surface area contributed by atoms with Crippen molar-refractivity contribution in [1.29, 1.82) is 0 Å². The van der Waals surface area contributed by atoms with E-state index in [1.807, 2.05) is 30.5 Å². The highest BCUT2D eigenvalue weighted by Crippen LogP contribution is 2.19. The Morgan fingerprint density at radius 3 is 2.81 bits per heavy atom. The highest BCUT2D eigenvalue weighted by atomic mass is 16.5. The molecule has 2 aliphatic rings. The van der Waals surface area contributed by atoms with Gasteiger partial charge in [0.2, 0.25) is 0 Å². The summed E-state index contributed by atoms with van der Waals surface area (Å²) in [7, 11) is 0. The van der Waals surface area contributed by atoms with Crippen LogP contribution < -0.4 is 15.0 Å². The Morgan fingerprint density at radius 1 is 1.19 bits per heavy atom. The fourth-order valence-corrected chi connectivity index (χ4v) is 3.56. The van der Waals surface area contributed by atoms with Gasteiger partial charge in [-0.15, -0.1) is 0 Å². The molecule has 4 heterocycles. The standard InChI is InChI=1S/C20H25N5O2/c26-20(25-11-7-18(15-25)27-17-4-3-8-21-14-17)23-13-16-5-6-19(22-12-16)24-9-1-2-10-24/h3-6,8,12,14,18H,1-2,7,9-11,13,15H2,(H,23,26). The highest BCUT2D eigenvalue weighted by molar-refractivity contribution is 5.74. The van der Waals surface area contributed by atoms with Crippen molar-refractivity contribution >= 4 is 11.8 Å². The number of pyridine rings is 2. The molecule has 0 aliphatic carbocycles. The maximum Gasteiger partial charge on any atom is 0.317 e. The number of nitrogens with one attached hydrogen (secondary N) is 1. The second-order valence-electron chi connectivity index (χ2n) is 7.04. The van der Waals surface area contributed by atoms with Gasteiger partial charge in [-0.2, -0.15) is 0 Å². The molecular weight excluding hydrogens is 342 g/mol. The molecule has 1 N–H and O–H groups in total. The molecule has 2 aliphatic heterocycles. The van der Waals surface area contributed by atoms with Gasteiger partial charge >= 0.3 is 6.03 Å². The topological polar surface area (TPSA) is 70.6 Å². The molecular formula is C20H25N5O2. The molecule has 2 saturated heterocycles. The highest BCUT2D eigenvalue weighted by Gasteiger charge is 2.27. The lowest BCUT2D eigenvalue weighted by Crippen LogP contribution is -2.39. The number of anilines is 1. The smallest absolute Gasteiger partial charge is 0.317 e. The Labute approximate surface area is 159 Å². The molecule has 7 heteroatoms. The molecule has 0 radical (unpaired) electrons. The SMILES string of the molecule is O=C(NCc1ccc(N2CCCC2)nc1)N1CCC(Oc2cccnc2)C1. The lowest BCUT2D eigenvalue weighted by molar-refractivity contribution is 0.186. The van der Waals surface area contributed by atoms with Crippen LogP contribution in [0, 0.1) is 0 Å². The molecule has 7 nitrogen and oxygen atoms in total. The number of carbonyl (C=O) groups is 1. The molecule has 2 fully saturated rings. The number of nitrogens with zero attached hydrogens (tertiary/aromatic N) is 4. The Bertz CT molecular complexity index is 747. The second-order valence-corrected chi connectivity index (χ2v) is 7.04. The van der Waals surface area contributed by atoms with Crippen molar-refractivity contribution in [3.8, 4) is 5.75 Å². The molecule has 0 spiro atoms. The summed E-state index contributed by atoms with van der Waals surface area (Å²) in [6, 6.07) is 7.75. The second kappa shape index (κ2) is 8.24. The van der Waals surface area contributed by atoms with E-state index < -0.39 is 0 Å². The van der Waals surface area contributed by atoms with Crippen molar-refractivity contribution in [2.24, 2.45) is 0 Å². The van der Waals surface area contributed by atoms with E-state index in [0.717, 1.165) is 36.6 Å². The predicted molar refractivity (Wildman–Crippen MR) is 103 cm³/mol. The van der Waals surface area contributed by atoms with Gasteiger partial charge in [-0.1, -0.05) is 6.07 Å². The average Bonchev–Trinajstić information content (AvgIpc) is 3.40. The van der Waals surface area contributed by atoms with Crippen LogP contribution in [0.1, 0.15) is 24.8 Å². The van der Waals surface area contributed by atoms with Gasteiger partial charge in [0.1, 0.15) is 17.7 Å². The maximum absolute atomic E-state index is 12.4. The predicted octanol–water partition coefficient (Wildman–Crippen LogP) is 2.44. The largest absolute Gasteiger partial charge is 0.487 e. The maximum atomic E-state index is 12.4. The molecule has 0 saturated carbocycles. The Hall–Kier alpha value is -2.83. The van der Waals surface area contributed by atoms with Gasteiger partial charge < -0.3 is 19.9 Å². The average molecular weight is 367 g/mol. The fourth-order valence-electron chi connectivity index (χ4n) is 3.56. The van der Waals surface area contributed by atoms with Gasteiger partial charge in [-0.25, -0.2) is 9.78 Å². The summed E-state index contributed by atoms with van der Waals surface area (Å²) < 4.78 is 5.88. The molecule has 142 valence electrons. The fraction of sp³-hybridized carbons (Fsp3) is 0.450. The first kappa shape index (κ1) is 17.6. The van der Waals surface area contributed by atoms with Crippen LogP contribution in [0.3, 0.4) is 0 Å². The zero-order valence-electron chi connectivity index (χ0n) is 15.4. The Balaban J connectivity index is 1.23. The quantitative estimate of drug-likeness (QED) is 0.879. The van der Waals surface area contributed by atoms with E-state index in [1.54, 1.807) is 17.3 Å². The molecule has 1 atom stereocenters. The molecule has 27 heavy (non-hydrogen) atoms. The third-order valence-electron chi connectivity index (χ3n) is 5.05. The van der Waals surface area contributed by atoms with Gasteiger partial charge in [0.15, 0.2) is 0 Å². The lowest BCUT2D eigenvalue weighted by Gasteiger charge is -2.18. The molecule has 2 amide bonds. The number of ether oxygens (including phenoxy) is 1. The summed E-state index contributed by atoms with van der Waals surface area (Å²) in [6.45, 7) is 3.94. The van der Waals surface area contributed by atoms with Crippen LogP contribution in [0.4, 0.5) is 10.6 Å². The minimum absolute atomic E-state index is 0.0151. The number of likely N-dealkylation sites (tertiary alicyclic amines) is 1. The van der Waals surface area contributed by atoms with Crippen molar-refractivity contribution in [3.05, 3.63) is 48.4 Å². The van der Waals surface area contributed by atoms with Gasteiger partial charge in [-0.05, 0) is 36.6 Å². The van der Waals surface area contributed by atoms with E-state index in [0.29, 0.717) is 19.6 Å². The summed E-state index contributed by atoms with van der Waals surface area (Å²) in [5.41, 5.74) is 1.01. The zero-order chi connectivity index (χ0) is 18.5. The summed E-state index contributed by atoms with van der Waals surface area (Å²) >= 11 is 0. The van der Waals surface area contributed by atoms with Gasteiger partial charge in [0.25, 0.3) is 0 Å². The third-order valence-corrected chi connectivity index (χ3v) is 5.05.